The van der Waals surface area contributed by atoms with Crippen LogP contribution in [0.15, 0.2) is 36.4 Å². The summed E-state index contributed by atoms with van der Waals surface area (Å²) in [6.45, 7) is 3.23. The second-order valence-electron chi connectivity index (χ2n) is 7.08. The molecule has 2 aromatic carbocycles. The SMILES string of the molecule is CC(C)N(CC(=O)O)C(=O)CCCN1C(=O)c2cccc3cccc(c23)C1=O. The number of benzene rings is 2. The zero-order valence-corrected chi connectivity index (χ0v) is 15.8. The van der Waals surface area contributed by atoms with Crippen LogP contribution in [-0.2, 0) is 9.59 Å². The Balaban J connectivity index is 1.72. The normalized spacial score (nSPS) is 13.3. The maximum atomic E-state index is 12.8. The number of amides is 3. The van der Waals surface area contributed by atoms with Gasteiger partial charge in [-0.3, -0.25) is 24.1 Å². The lowest BCUT2D eigenvalue weighted by atomic mass is 9.94. The highest BCUT2D eigenvalue weighted by Crippen LogP contribution is 2.30. The molecule has 28 heavy (non-hydrogen) atoms. The van der Waals surface area contributed by atoms with Gasteiger partial charge < -0.3 is 10.0 Å². The lowest BCUT2D eigenvalue weighted by Gasteiger charge is -2.28. The molecule has 3 amide bonds. The number of rotatable bonds is 7. The minimum Gasteiger partial charge on any atom is -0.480 e. The molecule has 146 valence electrons. The molecule has 0 bridgehead atoms. The fraction of sp³-hybridized carbons (Fsp3) is 0.333. The van der Waals surface area contributed by atoms with E-state index in [9.17, 15) is 19.2 Å². The zero-order valence-electron chi connectivity index (χ0n) is 15.8. The fourth-order valence-corrected chi connectivity index (χ4v) is 3.52. The molecule has 0 aliphatic carbocycles. The molecule has 1 N–H and O–H groups in total. The van der Waals surface area contributed by atoms with Crippen molar-refractivity contribution < 1.29 is 24.3 Å². The summed E-state index contributed by atoms with van der Waals surface area (Å²) in [4.78, 5) is 51.4. The Bertz CT molecular complexity index is 916. The van der Waals surface area contributed by atoms with Gasteiger partial charge in [0.1, 0.15) is 6.54 Å². The molecule has 0 saturated carbocycles. The number of nitrogens with zero attached hydrogens (tertiary/aromatic N) is 2. The van der Waals surface area contributed by atoms with Gasteiger partial charge in [0.25, 0.3) is 11.8 Å². The van der Waals surface area contributed by atoms with Crippen molar-refractivity contribution in [2.45, 2.75) is 32.7 Å². The highest BCUT2D eigenvalue weighted by Gasteiger charge is 2.32. The Morgan fingerprint density at radius 1 is 1.04 bits per heavy atom. The van der Waals surface area contributed by atoms with E-state index in [1.165, 1.54) is 9.80 Å². The van der Waals surface area contributed by atoms with Gasteiger partial charge in [-0.05, 0) is 37.8 Å². The molecule has 3 rings (SSSR count). The van der Waals surface area contributed by atoms with E-state index in [-0.39, 0.29) is 49.7 Å². The molecule has 7 nitrogen and oxygen atoms in total. The number of aliphatic carboxylic acids is 1. The summed E-state index contributed by atoms with van der Waals surface area (Å²) >= 11 is 0. The van der Waals surface area contributed by atoms with E-state index < -0.39 is 5.97 Å². The second kappa shape index (κ2) is 7.80. The number of hydrogen-bond donors (Lipinski definition) is 1. The first-order chi connectivity index (χ1) is 13.3. The van der Waals surface area contributed by atoms with E-state index in [0.29, 0.717) is 16.5 Å². The average molecular weight is 382 g/mol. The molecule has 0 radical (unpaired) electrons. The first-order valence-electron chi connectivity index (χ1n) is 9.20. The highest BCUT2D eigenvalue weighted by molar-refractivity contribution is 6.25. The summed E-state index contributed by atoms with van der Waals surface area (Å²) in [5.74, 6) is -2.12. The Kier molecular flexibility index (Phi) is 5.44. The standard InChI is InChI=1S/C21H22N2O5/c1-13(2)23(12-18(25)26)17(24)10-5-11-22-20(27)15-8-3-6-14-7-4-9-16(19(14)15)21(22)28/h3-4,6-9,13H,5,10-12H2,1-2H3,(H,25,26). The van der Waals surface area contributed by atoms with Gasteiger partial charge in [0, 0.05) is 35.5 Å². The topological polar surface area (TPSA) is 95.0 Å². The van der Waals surface area contributed by atoms with Crippen LogP contribution in [0.2, 0.25) is 0 Å². The van der Waals surface area contributed by atoms with E-state index in [1.54, 1.807) is 38.1 Å². The Morgan fingerprint density at radius 2 is 1.61 bits per heavy atom. The second-order valence-corrected chi connectivity index (χ2v) is 7.08. The van der Waals surface area contributed by atoms with Crippen molar-refractivity contribution in [2.24, 2.45) is 0 Å². The minimum absolute atomic E-state index is 0.0639. The third-order valence-corrected chi connectivity index (χ3v) is 4.88. The molecule has 1 aliphatic heterocycles. The molecular weight excluding hydrogens is 360 g/mol. The third kappa shape index (κ3) is 3.60. The zero-order chi connectivity index (χ0) is 20.4. The van der Waals surface area contributed by atoms with E-state index >= 15 is 0 Å². The van der Waals surface area contributed by atoms with Crippen LogP contribution < -0.4 is 0 Å². The maximum Gasteiger partial charge on any atom is 0.323 e. The van der Waals surface area contributed by atoms with E-state index in [1.807, 2.05) is 12.1 Å². The minimum atomic E-state index is -1.08. The summed E-state index contributed by atoms with van der Waals surface area (Å²) < 4.78 is 0. The summed E-state index contributed by atoms with van der Waals surface area (Å²) in [7, 11) is 0. The monoisotopic (exact) mass is 382 g/mol. The van der Waals surface area contributed by atoms with Gasteiger partial charge in [-0.25, -0.2) is 0 Å². The molecule has 0 aromatic heterocycles. The van der Waals surface area contributed by atoms with Crippen molar-refractivity contribution in [1.82, 2.24) is 9.80 Å². The van der Waals surface area contributed by atoms with Gasteiger partial charge in [-0.15, -0.1) is 0 Å². The van der Waals surface area contributed by atoms with Crippen LogP contribution >= 0.6 is 0 Å². The van der Waals surface area contributed by atoms with Crippen LogP contribution in [0.3, 0.4) is 0 Å². The van der Waals surface area contributed by atoms with Crippen LogP contribution in [0.5, 0.6) is 0 Å². The van der Waals surface area contributed by atoms with Crippen molar-refractivity contribution >= 4 is 34.5 Å². The van der Waals surface area contributed by atoms with Crippen LogP contribution in [0.4, 0.5) is 0 Å². The van der Waals surface area contributed by atoms with Crippen molar-refractivity contribution in [3.63, 3.8) is 0 Å². The number of carbonyl (C=O) groups excluding carboxylic acids is 3. The smallest absolute Gasteiger partial charge is 0.323 e. The Morgan fingerprint density at radius 3 is 2.11 bits per heavy atom. The molecule has 0 saturated heterocycles. The average Bonchev–Trinajstić information content (AvgIpc) is 2.66. The largest absolute Gasteiger partial charge is 0.480 e. The number of carbonyl (C=O) groups is 4. The van der Waals surface area contributed by atoms with Gasteiger partial charge in [-0.2, -0.15) is 0 Å². The lowest BCUT2D eigenvalue weighted by molar-refractivity contribution is -0.145. The summed E-state index contributed by atoms with van der Waals surface area (Å²) in [5.41, 5.74) is 0.961. The van der Waals surface area contributed by atoms with E-state index in [0.717, 1.165) is 5.39 Å². The molecule has 1 heterocycles. The molecule has 0 fully saturated rings. The first-order valence-corrected chi connectivity index (χ1v) is 9.20. The lowest BCUT2D eigenvalue weighted by Crippen LogP contribution is -2.42. The van der Waals surface area contributed by atoms with Gasteiger partial charge in [0.05, 0.1) is 0 Å². The molecule has 1 aliphatic rings. The third-order valence-electron chi connectivity index (χ3n) is 4.88. The molecule has 0 spiro atoms. The Hall–Kier alpha value is -3.22. The molecular formula is C21H22N2O5. The van der Waals surface area contributed by atoms with Crippen LogP contribution in [0, 0.1) is 0 Å². The predicted molar refractivity (Wildman–Crippen MR) is 103 cm³/mol. The molecule has 7 heteroatoms. The van der Waals surface area contributed by atoms with E-state index in [4.69, 9.17) is 5.11 Å². The van der Waals surface area contributed by atoms with Gasteiger partial charge >= 0.3 is 5.97 Å². The molecule has 0 atom stereocenters. The number of hydrogen-bond acceptors (Lipinski definition) is 4. The van der Waals surface area contributed by atoms with Crippen molar-refractivity contribution in [3.05, 3.63) is 47.5 Å². The summed E-state index contributed by atoms with van der Waals surface area (Å²) in [5, 5.41) is 10.5. The van der Waals surface area contributed by atoms with Crippen LogP contribution in [0.1, 0.15) is 47.4 Å². The number of carboxylic acid groups (broad SMARTS) is 1. The fourth-order valence-electron chi connectivity index (χ4n) is 3.52. The Labute approximate surface area is 162 Å². The van der Waals surface area contributed by atoms with Gasteiger partial charge in [-0.1, -0.05) is 24.3 Å². The van der Waals surface area contributed by atoms with Crippen LogP contribution in [-0.4, -0.2) is 57.7 Å². The first kappa shape index (κ1) is 19.5. The molecule has 2 aromatic rings. The maximum absolute atomic E-state index is 12.8. The van der Waals surface area contributed by atoms with Gasteiger partial charge in [0.2, 0.25) is 5.91 Å². The molecule has 0 unspecified atom stereocenters. The van der Waals surface area contributed by atoms with Crippen LogP contribution in [0.25, 0.3) is 10.8 Å². The number of imide groups is 1. The van der Waals surface area contributed by atoms with Crippen molar-refractivity contribution in [1.29, 1.82) is 0 Å². The predicted octanol–water partition coefficient (Wildman–Crippen LogP) is 2.54. The van der Waals surface area contributed by atoms with Crippen molar-refractivity contribution in [2.75, 3.05) is 13.1 Å². The number of carboxylic acids is 1. The van der Waals surface area contributed by atoms with Crippen molar-refractivity contribution in [3.8, 4) is 0 Å². The van der Waals surface area contributed by atoms with E-state index in [2.05, 4.69) is 0 Å². The van der Waals surface area contributed by atoms with Gasteiger partial charge in [0.15, 0.2) is 0 Å². The highest BCUT2D eigenvalue weighted by atomic mass is 16.4. The summed E-state index contributed by atoms with van der Waals surface area (Å²) in [6.07, 6.45) is 0.339. The summed E-state index contributed by atoms with van der Waals surface area (Å²) in [6, 6.07) is 10.4. The quantitative estimate of drug-likeness (QED) is 0.743.